The molecule has 9 nitrogen and oxygen atoms in total. The molecule has 6 aliphatic carbocycles. The van der Waals surface area contributed by atoms with Crippen molar-refractivity contribution in [3.63, 3.8) is 0 Å². The number of carbonyl (C=O) groups excluding carboxylic acids is 4. The summed E-state index contributed by atoms with van der Waals surface area (Å²) in [7, 11) is 0. The maximum absolute atomic E-state index is 14.7. The Bertz CT molecular complexity index is 1790. The summed E-state index contributed by atoms with van der Waals surface area (Å²) >= 11 is 0. The van der Waals surface area contributed by atoms with E-state index in [1.165, 1.54) is 24.3 Å². The van der Waals surface area contributed by atoms with Crippen LogP contribution in [0.3, 0.4) is 0 Å². The van der Waals surface area contributed by atoms with Crippen molar-refractivity contribution in [1.82, 2.24) is 0 Å². The minimum absolute atomic E-state index is 0.0260. The number of ketones is 4. The van der Waals surface area contributed by atoms with Crippen LogP contribution >= 0.6 is 0 Å². The first kappa shape index (κ1) is 31.0. The minimum Gasteiger partial charge on any atom is -0.507 e. The highest BCUT2D eigenvalue weighted by Crippen LogP contribution is 2.69. The number of phenols is 1. The third-order valence-corrected chi connectivity index (χ3v) is 13.0. The van der Waals surface area contributed by atoms with Gasteiger partial charge < -0.3 is 25.5 Å². The van der Waals surface area contributed by atoms with Gasteiger partial charge in [0.1, 0.15) is 11.5 Å². The number of aromatic hydroxyl groups is 1. The van der Waals surface area contributed by atoms with E-state index < -0.39 is 81.0 Å². The van der Waals surface area contributed by atoms with Crippen LogP contribution in [0.15, 0.2) is 58.9 Å². The Morgan fingerprint density at radius 3 is 2.35 bits per heavy atom. The van der Waals surface area contributed by atoms with Crippen LogP contribution in [0.25, 0.3) is 0 Å². The SMILES string of the molecule is C=C1CC[C@H]2C(C)(C)[C@H](O)CC[C@]2(C)[C@H]1CC1=C(O)C2=C(C[C@@]34C(=O)c5c(O)cc(C)cc5C(=O)[C@@]23C=C[C@@H](O)[C@@H]4O)C(=O)C1=O. The van der Waals surface area contributed by atoms with Crippen molar-refractivity contribution >= 4 is 23.1 Å². The molecule has 2 saturated carbocycles. The molecule has 0 bridgehead atoms. The minimum atomic E-state index is -2.18. The second-order valence-corrected chi connectivity index (χ2v) is 15.3. The molecule has 2 fully saturated rings. The normalized spacial score (nSPS) is 39.6. The number of aryl methyl sites for hydroxylation is 1. The third kappa shape index (κ3) is 3.41. The van der Waals surface area contributed by atoms with Crippen molar-refractivity contribution in [3.05, 3.63) is 75.6 Å². The summed E-state index contributed by atoms with van der Waals surface area (Å²) in [6.45, 7) is 12.2. The standard InChI is InChI=1S/C37H40O9/c1-16-12-18-26(23(39)13-16)33(46)37-15-20-27(36(37,31(18)44)11-8-22(38)32(37)45)28(41)19(29(42)30(20)43)14-21-17(2)6-7-24-34(3,4)25(40)9-10-35(21,24)5/h8,11-13,21-22,24-25,32,38-41,45H,2,6-7,9-10,14-15H2,1,3-5H3/t21-,22+,24-,25+,32-,35+,36+,37+/m0/s1. The van der Waals surface area contributed by atoms with Gasteiger partial charge in [0.05, 0.1) is 34.7 Å². The number of aliphatic hydroxyl groups excluding tert-OH is 4. The molecule has 0 radical (unpaired) electrons. The van der Waals surface area contributed by atoms with Crippen molar-refractivity contribution in [2.24, 2.45) is 33.5 Å². The Morgan fingerprint density at radius 1 is 0.957 bits per heavy atom. The Hall–Kier alpha value is -3.66. The summed E-state index contributed by atoms with van der Waals surface area (Å²) < 4.78 is 0. The quantitative estimate of drug-likeness (QED) is 0.183. The molecule has 0 spiro atoms. The lowest BCUT2D eigenvalue weighted by molar-refractivity contribution is -0.134. The van der Waals surface area contributed by atoms with E-state index >= 15 is 0 Å². The first-order valence-corrected chi connectivity index (χ1v) is 16.1. The van der Waals surface area contributed by atoms with E-state index in [4.69, 9.17) is 0 Å². The molecule has 0 saturated heterocycles. The smallest absolute Gasteiger partial charge is 0.232 e. The fourth-order valence-electron chi connectivity index (χ4n) is 10.6. The fraction of sp³-hybridized carbons (Fsp3) is 0.514. The number of fused-ring (bicyclic) bond motifs is 2. The molecule has 5 N–H and O–H groups in total. The van der Waals surface area contributed by atoms with Crippen molar-refractivity contribution in [3.8, 4) is 5.75 Å². The van der Waals surface area contributed by atoms with Crippen LogP contribution in [-0.2, 0) is 9.59 Å². The van der Waals surface area contributed by atoms with Gasteiger partial charge in [0.2, 0.25) is 11.6 Å². The monoisotopic (exact) mass is 628 g/mol. The average Bonchev–Trinajstić information content (AvgIpc) is 3.32. The van der Waals surface area contributed by atoms with Crippen molar-refractivity contribution in [2.75, 3.05) is 0 Å². The first-order chi connectivity index (χ1) is 21.5. The summed E-state index contributed by atoms with van der Waals surface area (Å²) in [5.74, 6) is -4.77. The van der Waals surface area contributed by atoms with Crippen LogP contribution in [0.1, 0.15) is 85.6 Å². The van der Waals surface area contributed by atoms with Gasteiger partial charge in [-0.3, -0.25) is 19.2 Å². The Kier molecular flexibility index (Phi) is 6.37. The molecule has 6 aliphatic rings. The number of phenolic OH excluding ortho intramolecular Hbond substituents is 1. The molecule has 46 heavy (non-hydrogen) atoms. The maximum atomic E-state index is 14.7. The Morgan fingerprint density at radius 2 is 1.65 bits per heavy atom. The van der Waals surface area contributed by atoms with Crippen molar-refractivity contribution < 1.29 is 44.7 Å². The van der Waals surface area contributed by atoms with Crippen LogP contribution in [0.2, 0.25) is 0 Å². The van der Waals surface area contributed by atoms with E-state index in [2.05, 4.69) is 13.5 Å². The van der Waals surface area contributed by atoms with E-state index in [0.717, 1.165) is 12.0 Å². The molecule has 0 unspecified atom stereocenters. The molecule has 0 aromatic heterocycles. The van der Waals surface area contributed by atoms with E-state index in [9.17, 15) is 44.7 Å². The summed E-state index contributed by atoms with van der Waals surface area (Å²) in [6, 6.07) is 2.76. The maximum Gasteiger partial charge on any atom is 0.232 e. The Balaban J connectivity index is 1.43. The lowest BCUT2D eigenvalue weighted by atomic mass is 9.46. The van der Waals surface area contributed by atoms with Gasteiger partial charge in [0, 0.05) is 22.3 Å². The summed E-state index contributed by atoms with van der Waals surface area (Å²) in [5.41, 5.74) is -4.80. The molecule has 9 heteroatoms. The van der Waals surface area contributed by atoms with Gasteiger partial charge >= 0.3 is 0 Å². The molecular weight excluding hydrogens is 588 g/mol. The van der Waals surface area contributed by atoms with Gasteiger partial charge in [0.15, 0.2) is 11.6 Å². The van der Waals surface area contributed by atoms with Gasteiger partial charge in [-0.05, 0) is 85.8 Å². The second kappa shape index (κ2) is 9.46. The molecule has 1 aromatic rings. The van der Waals surface area contributed by atoms with Crippen molar-refractivity contribution in [2.45, 2.75) is 84.5 Å². The lowest BCUT2D eigenvalue weighted by Crippen LogP contribution is -2.64. The number of allylic oxidation sites excluding steroid dienone is 5. The number of hydrogen-bond donors (Lipinski definition) is 5. The lowest BCUT2D eigenvalue weighted by Gasteiger charge is -2.59. The molecular formula is C37H40O9. The first-order valence-electron chi connectivity index (χ1n) is 16.1. The highest BCUT2D eigenvalue weighted by atomic mass is 16.3. The number of carbonyl (C=O) groups is 4. The molecule has 0 aliphatic heterocycles. The van der Waals surface area contributed by atoms with E-state index in [-0.39, 0.29) is 46.1 Å². The zero-order chi connectivity index (χ0) is 33.5. The van der Waals surface area contributed by atoms with Gasteiger partial charge in [-0.2, -0.15) is 0 Å². The van der Waals surface area contributed by atoms with Crippen molar-refractivity contribution in [1.29, 1.82) is 0 Å². The predicted molar refractivity (Wildman–Crippen MR) is 166 cm³/mol. The van der Waals surface area contributed by atoms with E-state index in [1.807, 2.05) is 13.8 Å². The van der Waals surface area contributed by atoms with Crippen LogP contribution in [0.4, 0.5) is 0 Å². The fourth-order valence-corrected chi connectivity index (χ4v) is 10.6. The molecule has 242 valence electrons. The highest BCUT2D eigenvalue weighted by molar-refractivity contribution is 6.51. The van der Waals surface area contributed by atoms with Gasteiger partial charge in [-0.25, -0.2) is 0 Å². The van der Waals surface area contributed by atoms with Gasteiger partial charge in [-0.15, -0.1) is 0 Å². The predicted octanol–water partition coefficient (Wildman–Crippen LogP) is 4.17. The highest BCUT2D eigenvalue weighted by Gasteiger charge is 2.75. The third-order valence-electron chi connectivity index (χ3n) is 13.0. The molecule has 7 rings (SSSR count). The largest absolute Gasteiger partial charge is 0.507 e. The number of aliphatic hydroxyl groups is 4. The second-order valence-electron chi connectivity index (χ2n) is 15.3. The summed E-state index contributed by atoms with van der Waals surface area (Å²) in [5, 5.41) is 56.3. The van der Waals surface area contributed by atoms with Crippen LogP contribution in [-0.4, -0.2) is 67.0 Å². The summed E-state index contributed by atoms with van der Waals surface area (Å²) in [4.78, 5) is 57.1. The summed E-state index contributed by atoms with van der Waals surface area (Å²) in [6.07, 6.45) is 0.552. The van der Waals surface area contributed by atoms with Crippen LogP contribution < -0.4 is 0 Å². The molecule has 0 heterocycles. The molecule has 0 amide bonds. The zero-order valence-electron chi connectivity index (χ0n) is 26.5. The number of hydrogen-bond acceptors (Lipinski definition) is 9. The van der Waals surface area contributed by atoms with Gasteiger partial charge in [0.25, 0.3) is 0 Å². The van der Waals surface area contributed by atoms with E-state index in [0.29, 0.717) is 24.8 Å². The van der Waals surface area contributed by atoms with Crippen LogP contribution in [0.5, 0.6) is 5.75 Å². The number of rotatable bonds is 2. The number of Topliss-reactive ketones (excluding diaryl/α,β-unsaturated/α-hetero) is 4. The molecule has 8 atom stereocenters. The number of benzene rings is 1. The average molecular weight is 629 g/mol. The topological polar surface area (TPSA) is 169 Å². The van der Waals surface area contributed by atoms with Gasteiger partial charge in [-0.1, -0.05) is 45.1 Å². The Labute approximate surface area is 267 Å². The van der Waals surface area contributed by atoms with Crippen LogP contribution in [0, 0.1) is 40.4 Å². The molecule has 1 aromatic carbocycles. The van der Waals surface area contributed by atoms with E-state index in [1.54, 1.807) is 6.92 Å². The zero-order valence-corrected chi connectivity index (χ0v) is 26.5.